The number of nitrogens with two attached hydrogens (primary N) is 1. The molecule has 0 amide bonds. The van der Waals surface area contributed by atoms with E-state index in [-0.39, 0.29) is 18.4 Å². The zero-order valence-corrected chi connectivity index (χ0v) is 6.96. The van der Waals surface area contributed by atoms with Crippen molar-refractivity contribution in [1.82, 2.24) is 0 Å². The topological polar surface area (TPSA) is 55.5 Å². The lowest BCUT2D eigenvalue weighted by Gasteiger charge is -2.05. The molecule has 3 N–H and O–H groups in total. The summed E-state index contributed by atoms with van der Waals surface area (Å²) in [6.07, 6.45) is 0.340. The van der Waals surface area contributed by atoms with Gasteiger partial charge in [-0.05, 0) is 6.07 Å². The number of halogens is 1. The minimum Gasteiger partial charge on any atom is -0.487 e. The molecular formula is C9H10FNO2. The predicted octanol–water partition coefficient (Wildman–Crippen LogP) is 0.704. The molecule has 1 atom stereocenters. The fraction of sp³-hybridized carbons (Fsp3) is 0.333. The van der Waals surface area contributed by atoms with Gasteiger partial charge in [0.2, 0.25) is 0 Å². The second kappa shape index (κ2) is 2.88. The molecule has 0 saturated carbocycles. The van der Waals surface area contributed by atoms with Crippen LogP contribution in [0.25, 0.3) is 0 Å². The maximum absolute atomic E-state index is 12.9. The fourth-order valence-electron chi connectivity index (χ4n) is 1.46. The van der Waals surface area contributed by atoms with Crippen LogP contribution in [0.1, 0.15) is 5.56 Å². The number of benzene rings is 1. The maximum Gasteiger partial charge on any atom is 0.149 e. The Labute approximate surface area is 74.9 Å². The van der Waals surface area contributed by atoms with Crippen LogP contribution >= 0.6 is 0 Å². The van der Waals surface area contributed by atoms with E-state index >= 15 is 0 Å². The smallest absolute Gasteiger partial charge is 0.149 e. The van der Waals surface area contributed by atoms with Crippen LogP contribution < -0.4 is 10.5 Å². The Bertz CT molecular complexity index is 310. The van der Waals surface area contributed by atoms with Gasteiger partial charge in [0.05, 0.1) is 12.3 Å². The molecule has 1 heterocycles. The molecule has 1 aliphatic heterocycles. The van der Waals surface area contributed by atoms with Gasteiger partial charge in [0.1, 0.15) is 17.7 Å². The monoisotopic (exact) mass is 183 g/mol. The summed E-state index contributed by atoms with van der Waals surface area (Å²) < 4.78 is 18.2. The van der Waals surface area contributed by atoms with Gasteiger partial charge in [-0.15, -0.1) is 0 Å². The summed E-state index contributed by atoms with van der Waals surface area (Å²) in [5.41, 5.74) is 6.37. The van der Waals surface area contributed by atoms with Gasteiger partial charge in [0, 0.05) is 18.1 Å². The number of fused-ring (bicyclic) bond motifs is 1. The Balaban J connectivity index is 2.36. The highest BCUT2D eigenvalue weighted by Crippen LogP contribution is 2.31. The van der Waals surface area contributed by atoms with E-state index in [1.54, 1.807) is 6.07 Å². The Morgan fingerprint density at radius 2 is 2.38 bits per heavy atom. The lowest BCUT2D eigenvalue weighted by molar-refractivity contribution is 0.134. The summed E-state index contributed by atoms with van der Waals surface area (Å²) >= 11 is 0. The van der Waals surface area contributed by atoms with Crippen LogP contribution in [-0.4, -0.2) is 17.8 Å². The summed E-state index contributed by atoms with van der Waals surface area (Å²) in [6, 6.07) is 2.82. The van der Waals surface area contributed by atoms with Crippen LogP contribution in [0.3, 0.4) is 0 Å². The number of aliphatic hydroxyl groups is 1. The zero-order valence-electron chi connectivity index (χ0n) is 6.96. The van der Waals surface area contributed by atoms with Crippen molar-refractivity contribution >= 4 is 5.69 Å². The predicted molar refractivity (Wildman–Crippen MR) is 46.0 cm³/mol. The Morgan fingerprint density at radius 1 is 1.62 bits per heavy atom. The van der Waals surface area contributed by atoms with Crippen molar-refractivity contribution < 1.29 is 14.2 Å². The van der Waals surface area contributed by atoms with Crippen LogP contribution in [0.2, 0.25) is 0 Å². The number of nitrogen functional groups attached to an aromatic ring is 1. The number of hydrogen-bond acceptors (Lipinski definition) is 3. The van der Waals surface area contributed by atoms with Crippen molar-refractivity contribution in [2.24, 2.45) is 0 Å². The van der Waals surface area contributed by atoms with Crippen molar-refractivity contribution in [1.29, 1.82) is 0 Å². The van der Waals surface area contributed by atoms with Gasteiger partial charge in [0.15, 0.2) is 0 Å². The molecule has 0 aliphatic carbocycles. The summed E-state index contributed by atoms with van der Waals surface area (Å²) in [5.74, 6) is 0.0167. The normalized spacial score (nSPS) is 19.7. The van der Waals surface area contributed by atoms with Gasteiger partial charge in [-0.2, -0.15) is 0 Å². The average molecular weight is 183 g/mol. The molecular weight excluding hydrogens is 173 g/mol. The van der Waals surface area contributed by atoms with Crippen LogP contribution in [0, 0.1) is 5.82 Å². The quantitative estimate of drug-likeness (QED) is 0.630. The molecule has 0 bridgehead atoms. The molecule has 0 spiro atoms. The van der Waals surface area contributed by atoms with Crippen molar-refractivity contribution in [3.8, 4) is 5.75 Å². The lowest BCUT2D eigenvalue weighted by Crippen LogP contribution is -2.17. The van der Waals surface area contributed by atoms with E-state index in [0.717, 1.165) is 5.56 Å². The molecule has 0 fully saturated rings. The molecule has 4 heteroatoms. The Kier molecular flexibility index (Phi) is 1.84. The summed E-state index contributed by atoms with van der Waals surface area (Å²) in [7, 11) is 0. The number of hydrogen-bond donors (Lipinski definition) is 2. The van der Waals surface area contributed by atoms with Crippen molar-refractivity contribution in [3.63, 3.8) is 0 Å². The molecule has 0 radical (unpaired) electrons. The highest BCUT2D eigenvalue weighted by atomic mass is 19.1. The van der Waals surface area contributed by atoms with E-state index in [1.807, 2.05) is 0 Å². The molecule has 3 nitrogen and oxygen atoms in total. The van der Waals surface area contributed by atoms with Crippen molar-refractivity contribution in [3.05, 3.63) is 23.5 Å². The number of rotatable bonds is 1. The maximum atomic E-state index is 12.9. The van der Waals surface area contributed by atoms with Gasteiger partial charge in [-0.3, -0.25) is 0 Å². The third-order valence-electron chi connectivity index (χ3n) is 2.12. The van der Waals surface area contributed by atoms with Gasteiger partial charge in [-0.1, -0.05) is 0 Å². The van der Waals surface area contributed by atoms with Gasteiger partial charge in [-0.25, -0.2) is 4.39 Å². The minimum atomic E-state index is -0.475. The number of ether oxygens (including phenoxy) is 1. The average Bonchev–Trinajstić information content (AvgIpc) is 2.48. The van der Waals surface area contributed by atoms with Crippen LogP contribution in [-0.2, 0) is 6.42 Å². The third-order valence-corrected chi connectivity index (χ3v) is 2.12. The summed E-state index contributed by atoms with van der Waals surface area (Å²) in [5, 5.41) is 8.83. The van der Waals surface area contributed by atoms with E-state index < -0.39 is 5.82 Å². The first-order valence-corrected chi connectivity index (χ1v) is 4.06. The largest absolute Gasteiger partial charge is 0.487 e. The first kappa shape index (κ1) is 8.31. The van der Waals surface area contributed by atoms with Crippen molar-refractivity contribution in [2.75, 3.05) is 12.3 Å². The first-order chi connectivity index (χ1) is 6.20. The van der Waals surface area contributed by atoms with E-state index in [1.165, 1.54) is 6.07 Å². The van der Waals surface area contributed by atoms with Gasteiger partial charge < -0.3 is 15.6 Å². The van der Waals surface area contributed by atoms with E-state index in [9.17, 15) is 4.39 Å². The molecule has 0 aromatic heterocycles. The summed E-state index contributed by atoms with van der Waals surface area (Å²) in [6.45, 7) is -0.0593. The zero-order chi connectivity index (χ0) is 9.42. The number of aliphatic hydroxyl groups excluding tert-OH is 1. The van der Waals surface area contributed by atoms with Crippen LogP contribution in [0.5, 0.6) is 5.75 Å². The molecule has 1 aromatic rings. The molecule has 2 rings (SSSR count). The minimum absolute atomic E-state index is 0.0593. The molecule has 70 valence electrons. The van der Waals surface area contributed by atoms with Crippen LogP contribution in [0.4, 0.5) is 10.1 Å². The molecule has 1 aromatic carbocycles. The highest BCUT2D eigenvalue weighted by Gasteiger charge is 2.23. The second-order valence-corrected chi connectivity index (χ2v) is 3.11. The second-order valence-electron chi connectivity index (χ2n) is 3.11. The third kappa shape index (κ3) is 1.33. The molecule has 1 unspecified atom stereocenters. The van der Waals surface area contributed by atoms with E-state index in [2.05, 4.69) is 0 Å². The standard InChI is InChI=1S/C9H10FNO2/c10-7-3-9-5(2-8(7)11)1-6(4-12)13-9/h2-3,6,12H,1,4,11H2. The summed E-state index contributed by atoms with van der Waals surface area (Å²) in [4.78, 5) is 0. The van der Waals surface area contributed by atoms with Gasteiger partial charge in [0.25, 0.3) is 0 Å². The Hall–Kier alpha value is -1.29. The van der Waals surface area contributed by atoms with Gasteiger partial charge >= 0.3 is 0 Å². The Morgan fingerprint density at radius 3 is 3.08 bits per heavy atom. The molecule has 0 saturated heterocycles. The lowest BCUT2D eigenvalue weighted by atomic mass is 10.1. The van der Waals surface area contributed by atoms with E-state index in [4.69, 9.17) is 15.6 Å². The molecule has 13 heavy (non-hydrogen) atoms. The molecule has 1 aliphatic rings. The van der Waals surface area contributed by atoms with Crippen molar-refractivity contribution in [2.45, 2.75) is 12.5 Å². The highest BCUT2D eigenvalue weighted by molar-refractivity contribution is 5.51. The first-order valence-electron chi connectivity index (χ1n) is 4.06. The number of anilines is 1. The SMILES string of the molecule is Nc1cc2c(cc1F)OC(CO)C2. The van der Waals surface area contributed by atoms with E-state index in [0.29, 0.717) is 12.2 Å². The fourth-order valence-corrected chi connectivity index (χ4v) is 1.46. The van der Waals surface area contributed by atoms with Crippen LogP contribution in [0.15, 0.2) is 12.1 Å².